The summed E-state index contributed by atoms with van der Waals surface area (Å²) < 4.78 is 0. The highest BCUT2D eigenvalue weighted by molar-refractivity contribution is 14.0. The fourth-order valence-corrected chi connectivity index (χ4v) is 5.19. The second-order valence-electron chi connectivity index (χ2n) is 9.27. The summed E-state index contributed by atoms with van der Waals surface area (Å²) in [6.07, 6.45) is 9.34. The van der Waals surface area contributed by atoms with Gasteiger partial charge in [0.15, 0.2) is 5.96 Å². The van der Waals surface area contributed by atoms with E-state index in [0.717, 1.165) is 44.9 Å². The Labute approximate surface area is 198 Å². The molecule has 3 aliphatic rings. The van der Waals surface area contributed by atoms with E-state index in [2.05, 4.69) is 51.7 Å². The Morgan fingerprint density at radius 3 is 2.57 bits per heavy atom. The molecule has 1 aliphatic heterocycles. The Hall–Kier alpha value is -1.31. The lowest BCUT2D eigenvalue weighted by Crippen LogP contribution is -2.47. The molecule has 0 aromatic heterocycles. The molecule has 1 atom stereocenters. The van der Waals surface area contributed by atoms with Gasteiger partial charge in [0.1, 0.15) is 0 Å². The molecule has 0 radical (unpaired) electrons. The molecule has 0 bridgehead atoms. The zero-order chi connectivity index (χ0) is 20.3. The van der Waals surface area contributed by atoms with Gasteiger partial charge >= 0.3 is 0 Å². The van der Waals surface area contributed by atoms with Gasteiger partial charge in [0.05, 0.1) is 0 Å². The van der Waals surface area contributed by atoms with Gasteiger partial charge in [0.25, 0.3) is 0 Å². The van der Waals surface area contributed by atoms with Crippen LogP contribution in [0.25, 0.3) is 0 Å². The molecule has 1 heterocycles. The van der Waals surface area contributed by atoms with Crippen molar-refractivity contribution in [2.45, 2.75) is 69.7 Å². The Balaban J connectivity index is 0.00000256. The first-order valence-corrected chi connectivity index (χ1v) is 11.4. The molecule has 5 nitrogen and oxygen atoms in total. The van der Waals surface area contributed by atoms with Gasteiger partial charge in [-0.15, -0.1) is 24.0 Å². The van der Waals surface area contributed by atoms with Crippen LogP contribution in [0.3, 0.4) is 0 Å². The first-order valence-electron chi connectivity index (χ1n) is 11.4. The van der Waals surface area contributed by atoms with Crippen molar-refractivity contribution in [3.05, 3.63) is 35.4 Å². The summed E-state index contributed by atoms with van der Waals surface area (Å²) in [5.41, 5.74) is 3.09. The summed E-state index contributed by atoms with van der Waals surface area (Å²) in [4.78, 5) is 19.3. The maximum absolute atomic E-state index is 12.8. The summed E-state index contributed by atoms with van der Waals surface area (Å²) >= 11 is 0. The third-order valence-corrected chi connectivity index (χ3v) is 7.18. The highest BCUT2D eigenvalue weighted by Crippen LogP contribution is 2.48. The monoisotopic (exact) mass is 524 g/mol. The molecule has 1 amide bonds. The fourth-order valence-electron chi connectivity index (χ4n) is 5.19. The molecule has 166 valence electrons. The van der Waals surface area contributed by atoms with Gasteiger partial charge in [0.2, 0.25) is 5.91 Å². The van der Waals surface area contributed by atoms with Gasteiger partial charge in [-0.25, -0.2) is 0 Å². The number of guanidine groups is 1. The number of hydrogen-bond donors (Lipinski definition) is 2. The highest BCUT2D eigenvalue weighted by atomic mass is 127. The molecule has 1 unspecified atom stereocenters. The van der Waals surface area contributed by atoms with Crippen LogP contribution in [0.1, 0.15) is 62.5 Å². The van der Waals surface area contributed by atoms with E-state index < -0.39 is 0 Å². The lowest BCUT2D eigenvalue weighted by molar-refractivity contribution is -0.135. The quantitative estimate of drug-likeness (QED) is 0.348. The molecule has 2 N–H and O–H groups in total. The van der Waals surface area contributed by atoms with Crippen LogP contribution < -0.4 is 10.6 Å². The van der Waals surface area contributed by atoms with Gasteiger partial charge in [-0.05, 0) is 50.2 Å². The van der Waals surface area contributed by atoms with Gasteiger partial charge in [-0.1, -0.05) is 43.5 Å². The molecule has 4 rings (SSSR count). The van der Waals surface area contributed by atoms with Crippen molar-refractivity contribution in [2.24, 2.45) is 10.9 Å². The minimum absolute atomic E-state index is 0. The minimum Gasteiger partial charge on any atom is -0.356 e. The van der Waals surface area contributed by atoms with Crippen LogP contribution in [0.4, 0.5) is 0 Å². The number of carbonyl (C=O) groups is 1. The predicted molar refractivity (Wildman–Crippen MR) is 134 cm³/mol. The Morgan fingerprint density at radius 2 is 1.90 bits per heavy atom. The summed E-state index contributed by atoms with van der Waals surface area (Å²) in [5.74, 6) is 1.51. The molecule has 0 spiro atoms. The average Bonchev–Trinajstić information content (AvgIpc) is 3.40. The van der Waals surface area contributed by atoms with E-state index in [9.17, 15) is 4.79 Å². The van der Waals surface area contributed by atoms with E-state index in [1.54, 1.807) is 0 Å². The fraction of sp³-hybridized carbons (Fsp3) is 0.667. The van der Waals surface area contributed by atoms with Crippen molar-refractivity contribution in [3.8, 4) is 0 Å². The van der Waals surface area contributed by atoms with Crippen LogP contribution in [-0.2, 0) is 10.2 Å². The second-order valence-corrected chi connectivity index (χ2v) is 9.27. The smallest absolute Gasteiger partial charge is 0.225 e. The van der Waals surface area contributed by atoms with Crippen LogP contribution in [0.5, 0.6) is 0 Å². The number of nitrogens with one attached hydrogen (secondary N) is 2. The predicted octanol–water partition coefficient (Wildman–Crippen LogP) is 3.99. The number of benzene rings is 1. The Morgan fingerprint density at radius 1 is 1.17 bits per heavy atom. The van der Waals surface area contributed by atoms with Crippen LogP contribution in [0.2, 0.25) is 0 Å². The number of amides is 1. The van der Waals surface area contributed by atoms with Crippen molar-refractivity contribution >= 4 is 35.8 Å². The van der Waals surface area contributed by atoms with E-state index >= 15 is 0 Å². The number of rotatable bonds is 5. The zero-order valence-electron chi connectivity index (χ0n) is 18.5. The molecule has 1 saturated heterocycles. The summed E-state index contributed by atoms with van der Waals surface area (Å²) in [5, 5.41) is 7.13. The number of nitrogens with zero attached hydrogens (tertiary/aromatic N) is 2. The molecular weight excluding hydrogens is 487 g/mol. The largest absolute Gasteiger partial charge is 0.356 e. The number of carbonyl (C=O) groups excluding carboxylic acids is 1. The average molecular weight is 524 g/mol. The van der Waals surface area contributed by atoms with Crippen molar-refractivity contribution in [1.82, 2.24) is 15.5 Å². The topological polar surface area (TPSA) is 56.7 Å². The van der Waals surface area contributed by atoms with Gasteiger partial charge in [-0.2, -0.15) is 0 Å². The molecule has 6 heteroatoms. The third-order valence-electron chi connectivity index (χ3n) is 7.18. The van der Waals surface area contributed by atoms with Crippen molar-refractivity contribution < 1.29 is 4.79 Å². The summed E-state index contributed by atoms with van der Waals surface area (Å²) in [7, 11) is 1.84. The Bertz CT molecular complexity index is 755. The van der Waals surface area contributed by atoms with Crippen LogP contribution >= 0.6 is 24.0 Å². The van der Waals surface area contributed by atoms with Gasteiger partial charge in [0, 0.05) is 44.1 Å². The maximum atomic E-state index is 12.8. The lowest BCUT2D eigenvalue weighted by atomic mass is 9.88. The zero-order valence-corrected chi connectivity index (χ0v) is 20.8. The first kappa shape index (κ1) is 23.4. The van der Waals surface area contributed by atoms with Crippen molar-refractivity contribution in [1.29, 1.82) is 0 Å². The standard InChI is InChI=1S/C24H36N4O.HI/c1-18-8-6-7-11-21(18)24(13-14-24)17-26-23(25-2)27-20-12-15-28(16-20)22(29)19-9-4-3-5-10-19;/h6-8,11,19-20H,3-5,9-10,12-17H2,1-2H3,(H2,25,26,27);1H. The van der Waals surface area contributed by atoms with E-state index in [0.29, 0.717) is 11.9 Å². The highest BCUT2D eigenvalue weighted by Gasteiger charge is 2.45. The van der Waals surface area contributed by atoms with Crippen LogP contribution in [0, 0.1) is 12.8 Å². The third kappa shape index (κ3) is 5.29. The first-order chi connectivity index (χ1) is 14.1. The summed E-state index contributed by atoms with van der Waals surface area (Å²) in [6, 6.07) is 9.03. The van der Waals surface area contributed by atoms with Crippen molar-refractivity contribution in [3.63, 3.8) is 0 Å². The van der Waals surface area contributed by atoms with E-state index in [-0.39, 0.29) is 35.3 Å². The molecule has 1 aromatic rings. The Kier molecular flexibility index (Phi) is 8.04. The molecule has 1 aromatic carbocycles. The molecular formula is C24H37IN4O. The van der Waals surface area contributed by atoms with E-state index in [1.165, 1.54) is 43.2 Å². The van der Waals surface area contributed by atoms with Crippen molar-refractivity contribution in [2.75, 3.05) is 26.7 Å². The number of hydrogen-bond acceptors (Lipinski definition) is 2. The SMILES string of the molecule is CN=C(NCC1(c2ccccc2C)CC1)NC1CCN(C(=O)C2CCCCC2)C1.I. The van der Waals surface area contributed by atoms with Crippen LogP contribution in [0.15, 0.2) is 29.3 Å². The second kappa shape index (κ2) is 10.3. The number of halogens is 1. The molecule has 3 fully saturated rings. The number of likely N-dealkylation sites (tertiary alicyclic amines) is 1. The molecule has 30 heavy (non-hydrogen) atoms. The van der Waals surface area contributed by atoms with E-state index in [4.69, 9.17) is 0 Å². The molecule has 2 aliphatic carbocycles. The number of aliphatic imine (C=N–C) groups is 1. The van der Waals surface area contributed by atoms with Gasteiger partial charge in [-0.3, -0.25) is 9.79 Å². The number of aryl methyl sites for hydroxylation is 1. The maximum Gasteiger partial charge on any atom is 0.225 e. The van der Waals surface area contributed by atoms with Crippen LogP contribution in [-0.4, -0.2) is 49.5 Å². The van der Waals surface area contributed by atoms with E-state index in [1.807, 2.05) is 7.05 Å². The molecule has 2 saturated carbocycles. The van der Waals surface area contributed by atoms with Gasteiger partial charge < -0.3 is 15.5 Å². The normalized spacial score (nSPS) is 23.6. The summed E-state index contributed by atoms with van der Waals surface area (Å²) in [6.45, 7) is 4.80. The lowest BCUT2D eigenvalue weighted by Gasteiger charge is -2.26. The minimum atomic E-state index is 0.